The van der Waals surface area contributed by atoms with Crippen LogP contribution < -0.4 is 0 Å². The van der Waals surface area contributed by atoms with Crippen LogP contribution in [-0.4, -0.2) is 0 Å². The minimum Gasteiger partial charge on any atom is 0 e. The summed E-state index contributed by atoms with van der Waals surface area (Å²) in [4.78, 5) is 0. The van der Waals surface area contributed by atoms with Crippen LogP contribution in [-0.2, 0) is 71.6 Å². The van der Waals surface area contributed by atoms with Crippen LogP contribution in [0.15, 0.2) is 0 Å². The largest absolute Gasteiger partial charge is 0 e. The molecule has 3 radical (unpaired) electrons. The van der Waals surface area contributed by atoms with Gasteiger partial charge in [0.15, 0.2) is 0 Å². The van der Waals surface area contributed by atoms with Crippen molar-refractivity contribution < 1.29 is 71.6 Å². The zero-order chi connectivity index (χ0) is 0. The molecule has 0 nitrogen and oxygen atoms in total. The van der Waals surface area contributed by atoms with Crippen LogP contribution >= 0.6 is 0 Å². The van der Waals surface area contributed by atoms with E-state index in [1.54, 1.807) is 0 Å². The molecular weight excluding hydrogens is 297 g/mol. The third-order valence-corrected chi connectivity index (χ3v) is 0. The van der Waals surface area contributed by atoms with Crippen LogP contribution in [0.25, 0.3) is 0 Å². The van der Waals surface area contributed by atoms with E-state index in [0.29, 0.717) is 0 Å². The van der Waals surface area contributed by atoms with Crippen molar-refractivity contribution >= 4 is 0 Å². The van der Waals surface area contributed by atoms with Crippen LogP contribution in [0.4, 0.5) is 0 Å². The van der Waals surface area contributed by atoms with Gasteiger partial charge in [-0.1, -0.05) is 0 Å². The molecule has 4 heavy (non-hydrogen) atoms. The molecule has 0 amide bonds. The van der Waals surface area contributed by atoms with Crippen LogP contribution in [0.3, 0.4) is 0 Å². The minimum absolute atomic E-state index is 0. The van der Waals surface area contributed by atoms with Gasteiger partial charge in [-0.15, -0.1) is 0 Å². The maximum absolute atomic E-state index is 0. The van der Waals surface area contributed by atoms with Gasteiger partial charge in [0.1, 0.15) is 0 Å². The molecule has 0 bridgehead atoms. The second kappa shape index (κ2) is 18.9. The second-order valence-electron chi connectivity index (χ2n) is 0. The summed E-state index contributed by atoms with van der Waals surface area (Å²) in [6.45, 7) is 0. The third kappa shape index (κ3) is 8.88. The van der Waals surface area contributed by atoms with E-state index in [0.717, 1.165) is 0 Å². The second-order valence-corrected chi connectivity index (χ2v) is 0. The van der Waals surface area contributed by atoms with Gasteiger partial charge in [0.05, 0.1) is 0 Å². The van der Waals surface area contributed by atoms with E-state index in [1.165, 1.54) is 0 Å². The minimum atomic E-state index is 0. The first-order chi connectivity index (χ1) is 0. The van der Waals surface area contributed by atoms with Gasteiger partial charge in [0.2, 0.25) is 0 Å². The van der Waals surface area contributed by atoms with Gasteiger partial charge >= 0.3 is 0 Å². The summed E-state index contributed by atoms with van der Waals surface area (Å²) in [5.74, 6) is 0. The summed E-state index contributed by atoms with van der Waals surface area (Å²) in [5, 5.41) is 0. The van der Waals surface area contributed by atoms with Gasteiger partial charge in [-0.05, 0) is 0 Å². The van der Waals surface area contributed by atoms with Crippen molar-refractivity contribution in [3.8, 4) is 0 Å². The predicted molar refractivity (Wildman–Crippen MR) is 0 cm³/mol. The summed E-state index contributed by atoms with van der Waals surface area (Å²) >= 11 is 0. The van der Waals surface area contributed by atoms with Gasteiger partial charge in [0.25, 0.3) is 0 Å². The maximum atomic E-state index is 0. The Morgan fingerprint density at radius 1 is 0.500 bits per heavy atom. The van der Waals surface area contributed by atoms with Gasteiger partial charge < -0.3 is 0 Å². The molecule has 0 saturated heterocycles. The predicted octanol–water partition coefficient (Wildman–Crippen LogP) is -0.0100. The molecule has 0 aliphatic heterocycles. The van der Waals surface area contributed by atoms with Crippen LogP contribution in [0.2, 0.25) is 0 Å². The fraction of sp³-hybridized carbons (Fsp3) is 0. The fourth-order valence-electron chi connectivity index (χ4n) is 0. The smallest absolute Gasteiger partial charge is 0 e. The molecule has 0 fully saturated rings. The normalized spacial score (nSPS) is 0. The van der Waals surface area contributed by atoms with Crippen molar-refractivity contribution in [2.75, 3.05) is 0 Å². The Kier molecular flexibility index (Phi) is 162. The first-order valence-electron chi connectivity index (χ1n) is 0. The monoisotopic (exact) mass is 295 g/mol. The summed E-state index contributed by atoms with van der Waals surface area (Å²) in [6, 6.07) is 0. The molecule has 0 heterocycles. The maximum Gasteiger partial charge on any atom is 0 e. The molecule has 0 N–H and O–H groups in total. The van der Waals surface area contributed by atoms with Crippen molar-refractivity contribution in [1.29, 1.82) is 0 Å². The first-order valence-corrected chi connectivity index (χ1v) is 0. The van der Waals surface area contributed by atoms with Crippen molar-refractivity contribution in [3.63, 3.8) is 0 Å². The molecule has 0 rings (SSSR count). The molecule has 0 aliphatic carbocycles. The Morgan fingerprint density at radius 3 is 0.500 bits per heavy atom. The van der Waals surface area contributed by atoms with Gasteiger partial charge in [-0.3, -0.25) is 0 Å². The topological polar surface area (TPSA) is 0 Å². The number of rotatable bonds is 0. The fourth-order valence-corrected chi connectivity index (χ4v) is 0. The number of hydrogen-bond donors (Lipinski definition) is 0. The van der Waals surface area contributed by atoms with E-state index in [4.69, 9.17) is 0 Å². The van der Waals surface area contributed by atoms with Gasteiger partial charge in [0, 0.05) is 71.6 Å². The SMILES string of the molecule is [Cu].[Cu].[Cu].[Pd]. The average molecular weight is 297 g/mol. The molecule has 0 atom stereocenters. The van der Waals surface area contributed by atoms with Crippen molar-refractivity contribution in [2.24, 2.45) is 0 Å². The quantitative estimate of drug-likeness (QED) is 0.552. The van der Waals surface area contributed by atoms with E-state index >= 15 is 0 Å². The van der Waals surface area contributed by atoms with Gasteiger partial charge in [-0.25, -0.2) is 0 Å². The third-order valence-electron chi connectivity index (χ3n) is 0. The molecular formula is Cu3Pd. The molecule has 0 aromatic carbocycles. The zero-order valence-electron chi connectivity index (χ0n) is 1.22. The Bertz CT molecular complexity index is 3.25. The van der Waals surface area contributed by atoms with Crippen molar-refractivity contribution in [1.82, 2.24) is 0 Å². The molecule has 43 valence electrons. The Labute approximate surface area is 70.9 Å². The number of hydrogen-bond acceptors (Lipinski definition) is 0. The summed E-state index contributed by atoms with van der Waals surface area (Å²) in [7, 11) is 0. The van der Waals surface area contributed by atoms with Crippen molar-refractivity contribution in [3.05, 3.63) is 0 Å². The average Bonchev–Trinajstić information content (AvgIpc) is 0. The molecule has 0 aromatic heterocycles. The molecule has 4 heteroatoms. The Morgan fingerprint density at radius 2 is 0.500 bits per heavy atom. The van der Waals surface area contributed by atoms with E-state index in [1.807, 2.05) is 0 Å². The van der Waals surface area contributed by atoms with Crippen LogP contribution in [0, 0.1) is 0 Å². The van der Waals surface area contributed by atoms with Gasteiger partial charge in [-0.2, -0.15) is 0 Å². The van der Waals surface area contributed by atoms with Crippen LogP contribution in [0.5, 0.6) is 0 Å². The Balaban J connectivity index is 0. The van der Waals surface area contributed by atoms with E-state index < -0.39 is 0 Å². The molecule has 0 aromatic rings. The van der Waals surface area contributed by atoms with E-state index in [-0.39, 0.29) is 71.6 Å². The Hall–Kier alpha value is 2.22. The van der Waals surface area contributed by atoms with E-state index in [2.05, 4.69) is 0 Å². The van der Waals surface area contributed by atoms with E-state index in [9.17, 15) is 0 Å². The molecule has 0 saturated carbocycles. The van der Waals surface area contributed by atoms with Crippen molar-refractivity contribution in [2.45, 2.75) is 0 Å². The molecule has 0 spiro atoms. The summed E-state index contributed by atoms with van der Waals surface area (Å²) in [5.41, 5.74) is 0. The van der Waals surface area contributed by atoms with Crippen LogP contribution in [0.1, 0.15) is 0 Å². The summed E-state index contributed by atoms with van der Waals surface area (Å²) < 4.78 is 0. The molecule has 0 aliphatic rings. The first kappa shape index (κ1) is 34.4. The zero-order valence-corrected chi connectivity index (χ0v) is 5.60. The summed E-state index contributed by atoms with van der Waals surface area (Å²) in [6.07, 6.45) is 0. The standard InChI is InChI=1S/3Cu.Pd. The molecule has 0 unspecified atom stereocenters.